The highest BCUT2D eigenvalue weighted by Gasteiger charge is 2.21. The number of hydrogen-bond acceptors (Lipinski definition) is 3. The van der Waals surface area contributed by atoms with Crippen molar-refractivity contribution in [2.24, 2.45) is 0 Å². The number of anilines is 1. The van der Waals surface area contributed by atoms with Gasteiger partial charge in [-0.15, -0.1) is 0 Å². The Labute approximate surface area is 167 Å². The van der Waals surface area contributed by atoms with E-state index in [4.69, 9.17) is 0 Å². The van der Waals surface area contributed by atoms with Crippen LogP contribution in [0.1, 0.15) is 56.2 Å². The molecule has 0 spiro atoms. The van der Waals surface area contributed by atoms with Gasteiger partial charge in [0.15, 0.2) is 0 Å². The molecular formula is C22H28N2O3S. The molecule has 5 nitrogen and oxygen atoms in total. The van der Waals surface area contributed by atoms with E-state index in [-0.39, 0.29) is 16.8 Å². The lowest BCUT2D eigenvalue weighted by Gasteiger charge is -2.26. The second kappa shape index (κ2) is 8.35. The second-order valence-electron chi connectivity index (χ2n) is 7.67. The van der Waals surface area contributed by atoms with Crippen LogP contribution in [0.5, 0.6) is 0 Å². The molecule has 1 atom stereocenters. The Morgan fingerprint density at radius 2 is 1.82 bits per heavy atom. The maximum Gasteiger partial charge on any atom is 0.261 e. The minimum Gasteiger partial charge on any atom is -0.353 e. The summed E-state index contributed by atoms with van der Waals surface area (Å²) in [5.74, 6) is 0.404. The Kier molecular flexibility index (Phi) is 6.08. The highest BCUT2D eigenvalue weighted by molar-refractivity contribution is 7.92. The lowest BCUT2D eigenvalue weighted by atomic mass is 9.88. The third-order valence-corrected chi connectivity index (χ3v) is 6.63. The van der Waals surface area contributed by atoms with Gasteiger partial charge in [-0.05, 0) is 66.1 Å². The molecular weight excluding hydrogens is 372 g/mol. The predicted octanol–water partition coefficient (Wildman–Crippen LogP) is 3.99. The fourth-order valence-electron chi connectivity index (χ4n) is 3.52. The first-order chi connectivity index (χ1) is 13.3. The van der Waals surface area contributed by atoms with Crippen molar-refractivity contribution in [1.29, 1.82) is 0 Å². The predicted molar refractivity (Wildman–Crippen MR) is 112 cm³/mol. The van der Waals surface area contributed by atoms with E-state index in [1.54, 1.807) is 12.1 Å². The van der Waals surface area contributed by atoms with Crippen LogP contribution < -0.4 is 10.0 Å². The zero-order valence-corrected chi connectivity index (χ0v) is 17.5. The van der Waals surface area contributed by atoms with Crippen LogP contribution in [0.2, 0.25) is 0 Å². The van der Waals surface area contributed by atoms with Crippen molar-refractivity contribution >= 4 is 21.6 Å². The third kappa shape index (κ3) is 4.73. The van der Waals surface area contributed by atoms with Gasteiger partial charge in [0.2, 0.25) is 5.91 Å². The summed E-state index contributed by atoms with van der Waals surface area (Å²) in [6, 6.07) is 12.8. The van der Waals surface area contributed by atoms with Crippen LogP contribution in [0.3, 0.4) is 0 Å². The summed E-state index contributed by atoms with van der Waals surface area (Å²) < 4.78 is 28.1. The molecule has 0 heterocycles. The van der Waals surface area contributed by atoms with Gasteiger partial charge in [-0.1, -0.05) is 39.0 Å². The highest BCUT2D eigenvalue weighted by Crippen LogP contribution is 2.26. The molecule has 0 radical (unpaired) electrons. The van der Waals surface area contributed by atoms with E-state index in [1.165, 1.54) is 5.56 Å². The molecule has 2 aromatic carbocycles. The molecule has 2 N–H and O–H groups in total. The topological polar surface area (TPSA) is 75.3 Å². The Morgan fingerprint density at radius 3 is 2.46 bits per heavy atom. The van der Waals surface area contributed by atoms with Crippen molar-refractivity contribution in [3.05, 3.63) is 59.2 Å². The second-order valence-corrected chi connectivity index (χ2v) is 9.36. The number of hydrogen-bond donors (Lipinski definition) is 2. The monoisotopic (exact) mass is 400 g/mol. The standard InChI is InChI=1S/C22H28N2O3S/c1-4-22(25)23-19-9-5-17-6-10-20(14-18(17)13-19)24-28(26,27)21-11-7-16(8-12-21)15(2)3/h6-8,10-12,14-15,19,24H,4-5,9,13H2,1-3H3,(H,23,25)/t19-/m1/s1. The lowest BCUT2D eigenvalue weighted by Crippen LogP contribution is -2.38. The summed E-state index contributed by atoms with van der Waals surface area (Å²) in [4.78, 5) is 11.9. The van der Waals surface area contributed by atoms with Crippen LogP contribution in [0.15, 0.2) is 47.4 Å². The Balaban J connectivity index is 1.76. The zero-order valence-electron chi connectivity index (χ0n) is 16.7. The van der Waals surface area contributed by atoms with Crippen molar-refractivity contribution < 1.29 is 13.2 Å². The van der Waals surface area contributed by atoms with Crippen molar-refractivity contribution in [1.82, 2.24) is 5.32 Å². The molecule has 0 unspecified atom stereocenters. The first kappa shape index (κ1) is 20.4. The van der Waals surface area contributed by atoms with Gasteiger partial charge in [0.05, 0.1) is 4.90 Å². The number of sulfonamides is 1. The molecule has 0 fully saturated rings. The van der Waals surface area contributed by atoms with E-state index in [0.717, 1.165) is 30.4 Å². The van der Waals surface area contributed by atoms with Crippen LogP contribution >= 0.6 is 0 Å². The maximum atomic E-state index is 12.7. The van der Waals surface area contributed by atoms with E-state index in [9.17, 15) is 13.2 Å². The van der Waals surface area contributed by atoms with E-state index in [1.807, 2.05) is 37.3 Å². The molecule has 0 aromatic heterocycles. The quantitative estimate of drug-likeness (QED) is 0.770. The summed E-state index contributed by atoms with van der Waals surface area (Å²) in [6.45, 7) is 5.99. The SMILES string of the molecule is CCC(=O)N[C@@H]1CCc2ccc(NS(=O)(=O)c3ccc(C(C)C)cc3)cc2C1. The molecule has 28 heavy (non-hydrogen) atoms. The van der Waals surface area contributed by atoms with E-state index >= 15 is 0 Å². The number of benzene rings is 2. The Bertz CT molecular complexity index is 950. The first-order valence-electron chi connectivity index (χ1n) is 9.82. The molecule has 150 valence electrons. The van der Waals surface area contributed by atoms with Gasteiger partial charge in [0, 0.05) is 18.2 Å². The Hall–Kier alpha value is -2.34. The van der Waals surface area contributed by atoms with Crippen LogP contribution in [0.25, 0.3) is 0 Å². The number of fused-ring (bicyclic) bond motifs is 1. The fraction of sp³-hybridized carbons (Fsp3) is 0.409. The molecule has 1 amide bonds. The smallest absolute Gasteiger partial charge is 0.261 e. The van der Waals surface area contributed by atoms with E-state index < -0.39 is 10.0 Å². The number of carbonyl (C=O) groups is 1. The zero-order chi connectivity index (χ0) is 20.3. The highest BCUT2D eigenvalue weighted by atomic mass is 32.2. The Morgan fingerprint density at radius 1 is 1.11 bits per heavy atom. The molecule has 0 bridgehead atoms. The third-order valence-electron chi connectivity index (χ3n) is 5.23. The number of carbonyl (C=O) groups excluding carboxylic acids is 1. The number of rotatable bonds is 6. The molecule has 3 rings (SSSR count). The van der Waals surface area contributed by atoms with Gasteiger partial charge < -0.3 is 5.32 Å². The summed E-state index contributed by atoms with van der Waals surface area (Å²) in [5, 5.41) is 3.04. The van der Waals surface area contributed by atoms with Crippen LogP contribution in [0, 0.1) is 0 Å². The molecule has 1 aliphatic rings. The van der Waals surface area contributed by atoms with Gasteiger partial charge in [0.25, 0.3) is 10.0 Å². The molecule has 0 saturated carbocycles. The van der Waals surface area contributed by atoms with Crippen molar-refractivity contribution in [3.63, 3.8) is 0 Å². The molecule has 0 saturated heterocycles. The van der Waals surface area contributed by atoms with Crippen LogP contribution in [-0.4, -0.2) is 20.4 Å². The van der Waals surface area contributed by atoms with E-state index in [0.29, 0.717) is 18.0 Å². The molecule has 1 aliphatic carbocycles. The summed E-state index contributed by atoms with van der Waals surface area (Å²) >= 11 is 0. The molecule has 0 aliphatic heterocycles. The number of aryl methyl sites for hydroxylation is 1. The van der Waals surface area contributed by atoms with Crippen LogP contribution in [0.4, 0.5) is 5.69 Å². The first-order valence-corrected chi connectivity index (χ1v) is 11.3. The van der Waals surface area contributed by atoms with Gasteiger partial charge in [-0.25, -0.2) is 8.42 Å². The van der Waals surface area contributed by atoms with Crippen molar-refractivity contribution in [2.75, 3.05) is 4.72 Å². The normalized spacial score (nSPS) is 16.5. The average molecular weight is 401 g/mol. The number of nitrogens with one attached hydrogen (secondary N) is 2. The van der Waals surface area contributed by atoms with Gasteiger partial charge in [-0.3, -0.25) is 9.52 Å². The van der Waals surface area contributed by atoms with Gasteiger partial charge in [-0.2, -0.15) is 0 Å². The lowest BCUT2D eigenvalue weighted by molar-refractivity contribution is -0.121. The van der Waals surface area contributed by atoms with Crippen LogP contribution in [-0.2, 0) is 27.7 Å². The minimum atomic E-state index is -3.64. The fourth-order valence-corrected chi connectivity index (χ4v) is 4.57. The summed E-state index contributed by atoms with van der Waals surface area (Å²) in [6.07, 6.45) is 2.98. The van der Waals surface area contributed by atoms with Gasteiger partial charge in [0.1, 0.15) is 0 Å². The van der Waals surface area contributed by atoms with Crippen molar-refractivity contribution in [2.45, 2.75) is 63.3 Å². The molecule has 2 aromatic rings. The average Bonchev–Trinajstić information content (AvgIpc) is 2.67. The van der Waals surface area contributed by atoms with Gasteiger partial charge >= 0.3 is 0 Å². The molecule has 6 heteroatoms. The number of amides is 1. The summed E-state index contributed by atoms with van der Waals surface area (Å²) in [5.41, 5.74) is 3.95. The largest absolute Gasteiger partial charge is 0.353 e. The minimum absolute atomic E-state index is 0.0511. The maximum absolute atomic E-state index is 12.7. The summed E-state index contributed by atoms with van der Waals surface area (Å²) in [7, 11) is -3.64. The van der Waals surface area contributed by atoms with Crippen molar-refractivity contribution in [3.8, 4) is 0 Å². The van der Waals surface area contributed by atoms with E-state index in [2.05, 4.69) is 23.9 Å².